The summed E-state index contributed by atoms with van der Waals surface area (Å²) >= 11 is 0. The Bertz CT molecular complexity index is 629. The van der Waals surface area contributed by atoms with Crippen LogP contribution in [0.2, 0.25) is 0 Å². The second-order valence-electron chi connectivity index (χ2n) is 5.50. The van der Waals surface area contributed by atoms with Gasteiger partial charge in [0.2, 0.25) is 0 Å². The summed E-state index contributed by atoms with van der Waals surface area (Å²) in [4.78, 5) is 17.8. The second kappa shape index (κ2) is 5.25. The lowest BCUT2D eigenvalue weighted by Gasteiger charge is -2.24. The van der Waals surface area contributed by atoms with E-state index in [4.69, 9.17) is 5.11 Å². The molecular weight excluding hydrogens is 254 g/mol. The lowest BCUT2D eigenvalue weighted by atomic mass is 10.2. The van der Waals surface area contributed by atoms with E-state index in [2.05, 4.69) is 21.4 Å². The van der Waals surface area contributed by atoms with Crippen molar-refractivity contribution in [3.63, 3.8) is 0 Å². The number of carboxylic acids is 1. The van der Waals surface area contributed by atoms with Crippen LogP contribution in [-0.2, 0) is 6.54 Å². The van der Waals surface area contributed by atoms with Gasteiger partial charge in [0.25, 0.3) is 0 Å². The minimum Gasteiger partial charge on any atom is -0.478 e. The van der Waals surface area contributed by atoms with Gasteiger partial charge in [-0.15, -0.1) is 0 Å². The first-order chi connectivity index (χ1) is 9.65. The molecule has 3 rings (SSSR count). The van der Waals surface area contributed by atoms with Crippen LogP contribution in [0.3, 0.4) is 0 Å². The van der Waals surface area contributed by atoms with Crippen LogP contribution in [0.15, 0.2) is 24.5 Å². The fourth-order valence-corrected chi connectivity index (χ4v) is 2.92. The molecule has 1 N–H and O–H groups in total. The molecule has 1 unspecified atom stereocenters. The first-order valence-electron chi connectivity index (χ1n) is 7.07. The van der Waals surface area contributed by atoms with Crippen molar-refractivity contribution in [3.05, 3.63) is 30.1 Å². The highest BCUT2D eigenvalue weighted by Gasteiger charge is 2.19. The number of aromatic nitrogens is 2. The van der Waals surface area contributed by atoms with Crippen LogP contribution in [-0.4, -0.2) is 44.7 Å². The van der Waals surface area contributed by atoms with Crippen LogP contribution < -0.4 is 0 Å². The van der Waals surface area contributed by atoms with Crippen molar-refractivity contribution in [3.8, 4) is 0 Å². The number of benzene rings is 1. The molecule has 0 saturated carbocycles. The zero-order valence-corrected chi connectivity index (χ0v) is 11.6. The Morgan fingerprint density at radius 2 is 2.15 bits per heavy atom. The molecule has 1 aliphatic heterocycles. The fraction of sp³-hybridized carbons (Fsp3) is 0.467. The van der Waals surface area contributed by atoms with E-state index in [1.54, 1.807) is 12.1 Å². The highest BCUT2D eigenvalue weighted by atomic mass is 16.4. The van der Waals surface area contributed by atoms with Crippen LogP contribution in [0, 0.1) is 0 Å². The first kappa shape index (κ1) is 13.1. The van der Waals surface area contributed by atoms with E-state index >= 15 is 0 Å². The average molecular weight is 273 g/mol. The number of carboxylic acid groups (broad SMARTS) is 1. The summed E-state index contributed by atoms with van der Waals surface area (Å²) in [6, 6.07) is 5.61. The molecule has 2 aromatic rings. The third-order valence-electron chi connectivity index (χ3n) is 4.09. The smallest absolute Gasteiger partial charge is 0.335 e. The van der Waals surface area contributed by atoms with E-state index in [1.165, 1.54) is 25.9 Å². The van der Waals surface area contributed by atoms with Crippen molar-refractivity contribution in [1.29, 1.82) is 0 Å². The molecule has 1 saturated heterocycles. The molecule has 106 valence electrons. The minimum atomic E-state index is -0.910. The molecule has 2 heterocycles. The van der Waals surface area contributed by atoms with Crippen LogP contribution in [0.5, 0.6) is 0 Å². The van der Waals surface area contributed by atoms with Crippen LogP contribution >= 0.6 is 0 Å². The van der Waals surface area contributed by atoms with E-state index in [9.17, 15) is 4.79 Å². The van der Waals surface area contributed by atoms with E-state index < -0.39 is 5.97 Å². The lowest BCUT2D eigenvalue weighted by Crippen LogP contribution is -2.33. The summed E-state index contributed by atoms with van der Waals surface area (Å²) in [7, 11) is 0. The average Bonchev–Trinajstić information content (AvgIpc) is 3.07. The van der Waals surface area contributed by atoms with Gasteiger partial charge >= 0.3 is 5.97 Å². The van der Waals surface area contributed by atoms with Gasteiger partial charge < -0.3 is 9.67 Å². The molecule has 0 aliphatic carbocycles. The summed E-state index contributed by atoms with van der Waals surface area (Å²) in [6.45, 7) is 5.49. The Balaban J connectivity index is 1.83. The first-order valence-corrected chi connectivity index (χ1v) is 7.07. The van der Waals surface area contributed by atoms with Crippen molar-refractivity contribution in [2.45, 2.75) is 32.4 Å². The van der Waals surface area contributed by atoms with Crippen LogP contribution in [0.4, 0.5) is 0 Å². The van der Waals surface area contributed by atoms with Gasteiger partial charge in [0.1, 0.15) is 0 Å². The Morgan fingerprint density at radius 3 is 2.85 bits per heavy atom. The Kier molecular flexibility index (Phi) is 3.44. The molecule has 0 bridgehead atoms. The highest BCUT2D eigenvalue weighted by Crippen LogP contribution is 2.18. The zero-order chi connectivity index (χ0) is 14.1. The highest BCUT2D eigenvalue weighted by molar-refractivity contribution is 5.92. The maximum Gasteiger partial charge on any atom is 0.335 e. The number of rotatable bonds is 4. The fourth-order valence-electron chi connectivity index (χ4n) is 2.92. The Labute approximate surface area is 117 Å². The molecule has 1 fully saturated rings. The monoisotopic (exact) mass is 273 g/mol. The number of nitrogens with zero attached hydrogens (tertiary/aromatic N) is 3. The topological polar surface area (TPSA) is 58.4 Å². The van der Waals surface area contributed by atoms with Gasteiger partial charge in [0.05, 0.1) is 22.9 Å². The van der Waals surface area contributed by atoms with Gasteiger partial charge in [0.15, 0.2) is 0 Å². The van der Waals surface area contributed by atoms with E-state index in [0.29, 0.717) is 6.04 Å². The largest absolute Gasteiger partial charge is 0.478 e. The molecule has 1 aromatic carbocycles. The van der Waals surface area contributed by atoms with Crippen LogP contribution in [0.25, 0.3) is 11.0 Å². The molecule has 0 amide bonds. The molecule has 0 spiro atoms. The SMILES string of the molecule is CC(Cn1cnc2cc(C(=O)O)ccc21)N1CCCC1. The van der Waals surface area contributed by atoms with Crippen molar-refractivity contribution in [1.82, 2.24) is 14.5 Å². The molecule has 20 heavy (non-hydrogen) atoms. The predicted octanol–water partition coefficient (Wildman–Crippen LogP) is 2.22. The van der Waals surface area contributed by atoms with Crippen molar-refractivity contribution >= 4 is 17.0 Å². The van der Waals surface area contributed by atoms with E-state index in [0.717, 1.165) is 17.6 Å². The predicted molar refractivity (Wildman–Crippen MR) is 77.0 cm³/mol. The maximum atomic E-state index is 11.0. The molecule has 5 heteroatoms. The van der Waals surface area contributed by atoms with Gasteiger partial charge in [-0.3, -0.25) is 4.90 Å². The van der Waals surface area contributed by atoms with Gasteiger partial charge in [-0.05, 0) is 51.1 Å². The summed E-state index contributed by atoms with van der Waals surface area (Å²) in [6.07, 6.45) is 4.39. The lowest BCUT2D eigenvalue weighted by molar-refractivity contribution is 0.0697. The Morgan fingerprint density at radius 1 is 1.40 bits per heavy atom. The summed E-state index contributed by atoms with van der Waals surface area (Å²) in [5.74, 6) is -0.910. The third kappa shape index (κ3) is 2.41. The summed E-state index contributed by atoms with van der Waals surface area (Å²) < 4.78 is 2.12. The van der Waals surface area contributed by atoms with Gasteiger partial charge in [-0.25, -0.2) is 9.78 Å². The maximum absolute atomic E-state index is 11.0. The van der Waals surface area contributed by atoms with Gasteiger partial charge in [-0.2, -0.15) is 0 Å². The number of aromatic carboxylic acids is 1. The van der Waals surface area contributed by atoms with Crippen LogP contribution in [0.1, 0.15) is 30.1 Å². The third-order valence-corrected chi connectivity index (χ3v) is 4.09. The number of hydrogen-bond acceptors (Lipinski definition) is 3. The van der Waals surface area contributed by atoms with E-state index in [1.807, 2.05) is 12.4 Å². The number of carbonyl (C=O) groups is 1. The zero-order valence-electron chi connectivity index (χ0n) is 11.6. The molecular formula is C15H19N3O2. The molecule has 1 aliphatic rings. The van der Waals surface area contributed by atoms with Crippen molar-refractivity contribution < 1.29 is 9.90 Å². The Hall–Kier alpha value is -1.88. The number of fused-ring (bicyclic) bond motifs is 1. The molecule has 1 atom stereocenters. The van der Waals surface area contributed by atoms with Crippen molar-refractivity contribution in [2.75, 3.05) is 13.1 Å². The quantitative estimate of drug-likeness (QED) is 0.928. The normalized spacial score (nSPS) is 17.6. The van der Waals surface area contributed by atoms with Gasteiger partial charge in [0, 0.05) is 12.6 Å². The summed E-state index contributed by atoms with van der Waals surface area (Å²) in [5.41, 5.74) is 2.04. The van der Waals surface area contributed by atoms with Crippen molar-refractivity contribution in [2.24, 2.45) is 0 Å². The number of hydrogen-bond donors (Lipinski definition) is 1. The van der Waals surface area contributed by atoms with Gasteiger partial charge in [-0.1, -0.05) is 0 Å². The number of likely N-dealkylation sites (tertiary alicyclic amines) is 1. The number of imidazole rings is 1. The molecule has 5 nitrogen and oxygen atoms in total. The standard InChI is InChI=1S/C15H19N3O2/c1-11(17-6-2-3-7-17)9-18-10-16-13-8-12(15(19)20)4-5-14(13)18/h4-5,8,10-11H,2-3,6-7,9H2,1H3,(H,19,20). The minimum absolute atomic E-state index is 0.287. The second-order valence-corrected chi connectivity index (χ2v) is 5.50. The van der Waals surface area contributed by atoms with E-state index in [-0.39, 0.29) is 5.56 Å². The molecule has 0 radical (unpaired) electrons. The summed E-state index contributed by atoms with van der Waals surface area (Å²) in [5, 5.41) is 9.00. The molecule has 1 aromatic heterocycles.